The van der Waals surface area contributed by atoms with Crippen molar-refractivity contribution in [1.82, 2.24) is 0 Å². The molecule has 0 aliphatic heterocycles. The Kier molecular flexibility index (Phi) is 22.3. The second-order valence-electron chi connectivity index (χ2n) is 6.72. The molecule has 0 fully saturated rings. The molecule has 0 saturated carbocycles. The van der Waals surface area contributed by atoms with Crippen molar-refractivity contribution in [2.24, 2.45) is 0 Å². The predicted molar refractivity (Wildman–Crippen MR) is 98.4 cm³/mol. The molecule has 0 aliphatic carbocycles. The monoisotopic (exact) mass is 564 g/mol. The van der Waals surface area contributed by atoms with E-state index >= 15 is 0 Å². The van der Waals surface area contributed by atoms with Gasteiger partial charge in [0, 0.05) is 17.9 Å². The smallest absolute Gasteiger partial charge is 0.723 e. The number of carbonyl (C=O) groups excluding carboxylic acids is 5. The molecule has 0 heterocycles. The Morgan fingerprint density at radius 3 is 1.26 bits per heavy atom. The van der Waals surface area contributed by atoms with Gasteiger partial charge in [0.05, 0.1) is 39.6 Å². The molecule has 6 unspecified atom stereocenters. The Hall–Kier alpha value is 0.526. The number of carbonyl (C=O) groups is 5. The van der Waals surface area contributed by atoms with Gasteiger partial charge in [-0.2, -0.15) is 0 Å². The molecule has 4 N–H and O–H groups in total. The topological polar surface area (TPSA) is 314 Å². The van der Waals surface area contributed by atoms with Crippen LogP contribution < -0.4 is 30.8 Å². The molecule has 0 saturated heterocycles. The zero-order valence-corrected chi connectivity index (χ0v) is 24.2. The van der Waals surface area contributed by atoms with E-state index in [0.717, 1.165) is 6.92 Å². The Labute approximate surface area is 275 Å². The van der Waals surface area contributed by atoms with E-state index in [4.69, 9.17) is 25.9 Å². The Bertz CT molecular complexity index is 769. The zero-order valence-electron chi connectivity index (χ0n) is 18.3. The number of carboxylic acid groups (broad SMARTS) is 5. The molecule has 0 spiro atoms. The van der Waals surface area contributed by atoms with Gasteiger partial charge in [0.25, 0.3) is 0 Å². The van der Waals surface area contributed by atoms with Crippen molar-refractivity contribution in [1.29, 1.82) is 0 Å². The molecule has 0 aliphatic rings. The summed E-state index contributed by atoms with van der Waals surface area (Å²) in [6.45, 7) is 0.180. The maximum Gasteiger partial charge on any atom is 2.00 e. The molecule has 21 heteroatoms. The van der Waals surface area contributed by atoms with E-state index in [2.05, 4.69) is 4.89 Å². The van der Waals surface area contributed by atoms with Crippen LogP contribution in [0.4, 0.5) is 0 Å². The van der Waals surface area contributed by atoms with Gasteiger partial charge in [0.2, 0.25) is 0 Å². The molecule has 0 rings (SSSR count). The third kappa shape index (κ3) is 9.97. The summed E-state index contributed by atoms with van der Waals surface area (Å²) in [6, 6.07) is 0. The first-order valence-electron chi connectivity index (χ1n) is 7.80. The molecule has 35 heavy (non-hydrogen) atoms. The van der Waals surface area contributed by atoms with Crippen LogP contribution in [0.25, 0.3) is 0 Å². The SMILES string of the molecule is [B]C(C)(C(=O)[O-])C(O)(C(=O)[O-])C(O)C(=O)[O-].[B]C(C)(CO[O-])C(O)(C(=O)[O-])C(O)C(=O)[O-].[Ca+2].[Ca+2].[Mg+2]. The predicted octanol–water partition coefficient (Wildman–Crippen LogP) is -13.3. The number of aliphatic hydroxyl groups excluding tert-OH is 2. The first-order valence-corrected chi connectivity index (χ1v) is 7.80. The van der Waals surface area contributed by atoms with E-state index in [1.54, 1.807) is 0 Å². The number of aliphatic carboxylic acids is 5. The largest absolute Gasteiger partial charge is 2.00 e. The quantitative estimate of drug-likeness (QED) is 0.103. The van der Waals surface area contributed by atoms with Gasteiger partial charge in [0.15, 0.2) is 0 Å². The van der Waals surface area contributed by atoms with E-state index < -0.39 is 70.5 Å². The van der Waals surface area contributed by atoms with E-state index in [9.17, 15) is 65.0 Å². The fourth-order valence-corrected chi connectivity index (χ4v) is 1.99. The van der Waals surface area contributed by atoms with Crippen molar-refractivity contribution in [2.45, 2.75) is 47.9 Å². The van der Waals surface area contributed by atoms with Crippen LogP contribution in [0.5, 0.6) is 0 Å². The second kappa shape index (κ2) is 17.2. The Morgan fingerprint density at radius 2 is 1.06 bits per heavy atom. The van der Waals surface area contributed by atoms with Crippen molar-refractivity contribution in [3.05, 3.63) is 0 Å². The third-order valence-electron chi connectivity index (χ3n) is 4.31. The number of aliphatic hydroxyl groups is 4. The van der Waals surface area contributed by atoms with Gasteiger partial charge in [-0.1, -0.05) is 13.8 Å². The van der Waals surface area contributed by atoms with Gasteiger partial charge in [0.1, 0.15) is 23.4 Å². The minimum atomic E-state index is -3.79. The Balaban J connectivity index is -0.000000158. The molecule has 0 aromatic carbocycles. The minimum absolute atomic E-state index is 0. The molecule has 0 aromatic heterocycles. The first-order chi connectivity index (χ1) is 14.1. The summed E-state index contributed by atoms with van der Waals surface area (Å²) in [6.07, 6.45) is -5.96. The molecule has 0 bridgehead atoms. The summed E-state index contributed by atoms with van der Waals surface area (Å²) in [5.74, 6) is -12.0. The van der Waals surface area contributed by atoms with Gasteiger partial charge >= 0.3 is 98.5 Å². The van der Waals surface area contributed by atoms with E-state index in [1.165, 1.54) is 0 Å². The molecule has 0 amide bonds. The van der Waals surface area contributed by atoms with Crippen LogP contribution in [0.3, 0.4) is 0 Å². The van der Waals surface area contributed by atoms with Crippen molar-refractivity contribution in [2.75, 3.05) is 6.61 Å². The molecule has 16 nitrogen and oxygen atoms in total. The van der Waals surface area contributed by atoms with Crippen LogP contribution >= 0.6 is 0 Å². The minimum Gasteiger partial charge on any atom is -0.723 e. The van der Waals surface area contributed by atoms with Crippen molar-refractivity contribution < 1.29 is 80.1 Å². The molecule has 4 radical (unpaired) electrons. The summed E-state index contributed by atoms with van der Waals surface area (Å²) in [5, 5.41) is 93.4. The fourth-order valence-electron chi connectivity index (χ4n) is 1.99. The molecule has 0 aromatic rings. The second-order valence-corrected chi connectivity index (χ2v) is 6.72. The van der Waals surface area contributed by atoms with Crippen molar-refractivity contribution in [3.63, 3.8) is 0 Å². The standard InChI is InChI=1S/C7H11BO8.C7H9BO8.2Ca.Mg/c1-6(8,2-16-15)7(14,5(12)13)3(9)4(10)11;1-6(8,4(12)13)7(16,5(14)15)2(9)3(10)11;;;/h3,9,14-15H,2H2,1H3,(H,10,11)(H,12,13);2,9,16H,1H3,(H,10,11)(H,12,13)(H,14,15);;;/q;;3*+2/p-6. The number of hydrogen-bond acceptors (Lipinski definition) is 16. The third-order valence-corrected chi connectivity index (χ3v) is 4.31. The van der Waals surface area contributed by atoms with Crippen molar-refractivity contribution in [3.8, 4) is 0 Å². The van der Waals surface area contributed by atoms with Gasteiger partial charge in [-0.25, -0.2) is 0 Å². The van der Waals surface area contributed by atoms with Gasteiger partial charge < -0.3 is 80.1 Å². The maximum absolute atomic E-state index is 10.6. The molecular formula is C14H14B2Ca2MgO16. The normalized spacial score (nSPS) is 18.6. The van der Waals surface area contributed by atoms with Gasteiger partial charge in [-0.05, 0) is 5.31 Å². The first kappa shape index (κ1) is 45.4. The summed E-state index contributed by atoms with van der Waals surface area (Å²) in [7, 11) is 10.1. The van der Waals surface area contributed by atoms with E-state index in [-0.39, 0.29) is 98.5 Å². The van der Waals surface area contributed by atoms with Crippen LogP contribution in [0.1, 0.15) is 13.8 Å². The Morgan fingerprint density at radius 1 is 0.771 bits per heavy atom. The molecule has 6 atom stereocenters. The van der Waals surface area contributed by atoms with Crippen LogP contribution in [0.2, 0.25) is 10.6 Å². The average Bonchev–Trinajstić information content (AvgIpc) is 2.64. The van der Waals surface area contributed by atoms with Gasteiger partial charge in [-0.3, -0.25) is 0 Å². The van der Waals surface area contributed by atoms with Crippen LogP contribution in [-0.2, 0) is 28.9 Å². The average molecular weight is 564 g/mol. The summed E-state index contributed by atoms with van der Waals surface area (Å²) in [4.78, 5) is 55.5. The summed E-state index contributed by atoms with van der Waals surface area (Å²) in [5.41, 5.74) is -7.21. The van der Waals surface area contributed by atoms with Crippen LogP contribution in [0.15, 0.2) is 0 Å². The summed E-state index contributed by atoms with van der Waals surface area (Å²) < 4.78 is 0. The van der Waals surface area contributed by atoms with Crippen LogP contribution in [-0.4, -0.2) is 195 Å². The molecular weight excluding hydrogens is 550 g/mol. The molecule has 178 valence electrons. The van der Waals surface area contributed by atoms with E-state index in [1.807, 2.05) is 0 Å². The van der Waals surface area contributed by atoms with Gasteiger partial charge in [-0.15, -0.1) is 0 Å². The number of hydrogen-bond donors (Lipinski definition) is 4. The summed E-state index contributed by atoms with van der Waals surface area (Å²) >= 11 is 0. The fraction of sp³-hybridized carbons (Fsp3) is 0.643. The van der Waals surface area contributed by atoms with E-state index in [0.29, 0.717) is 6.92 Å². The number of rotatable bonds is 11. The maximum atomic E-state index is 10.6. The van der Waals surface area contributed by atoms with Crippen molar-refractivity contribution >= 4 is 144 Å². The zero-order chi connectivity index (χ0) is 26.5. The van der Waals surface area contributed by atoms with Crippen LogP contribution in [0, 0.1) is 0 Å². The number of carboxylic acids is 5.